The highest BCUT2D eigenvalue weighted by molar-refractivity contribution is 5.85. The molecule has 1 aliphatic rings. The summed E-state index contributed by atoms with van der Waals surface area (Å²) in [4.78, 5) is 16.0. The van der Waals surface area contributed by atoms with Gasteiger partial charge in [-0.1, -0.05) is 6.07 Å². The second-order valence-corrected chi connectivity index (χ2v) is 5.35. The number of aliphatic hydroxyl groups excluding tert-OH is 1. The van der Waals surface area contributed by atoms with Crippen LogP contribution in [0.5, 0.6) is 0 Å². The summed E-state index contributed by atoms with van der Waals surface area (Å²) in [6.45, 7) is 5.50. The molecule has 1 aromatic carbocycles. The van der Waals surface area contributed by atoms with Gasteiger partial charge in [-0.3, -0.25) is 4.79 Å². The minimum Gasteiger partial charge on any atom is -0.394 e. The SMILES string of the molecule is Cc1cc(C)cc(N2CCCN(C)C(=O)C2CO)c1. The van der Waals surface area contributed by atoms with Crippen LogP contribution in [0.4, 0.5) is 5.69 Å². The highest BCUT2D eigenvalue weighted by Crippen LogP contribution is 2.23. The van der Waals surface area contributed by atoms with Gasteiger partial charge in [-0.15, -0.1) is 0 Å². The minimum absolute atomic E-state index is 0.000779. The first-order chi connectivity index (χ1) is 9.02. The molecule has 0 saturated carbocycles. The number of anilines is 1. The predicted octanol–water partition coefficient (Wildman–Crippen LogP) is 1.33. The molecule has 0 spiro atoms. The van der Waals surface area contributed by atoms with E-state index in [4.69, 9.17) is 0 Å². The van der Waals surface area contributed by atoms with Crippen LogP contribution in [0.2, 0.25) is 0 Å². The van der Waals surface area contributed by atoms with E-state index < -0.39 is 6.04 Å². The van der Waals surface area contributed by atoms with Gasteiger partial charge in [0.1, 0.15) is 6.04 Å². The van der Waals surface area contributed by atoms with E-state index in [2.05, 4.69) is 32.0 Å². The summed E-state index contributed by atoms with van der Waals surface area (Å²) < 4.78 is 0. The quantitative estimate of drug-likeness (QED) is 0.874. The molecule has 0 bridgehead atoms. The zero-order valence-corrected chi connectivity index (χ0v) is 11.9. The normalized spacial score (nSPS) is 20.6. The molecule has 1 atom stereocenters. The molecular weight excluding hydrogens is 240 g/mol. The van der Waals surface area contributed by atoms with Crippen LogP contribution < -0.4 is 4.90 Å². The van der Waals surface area contributed by atoms with Gasteiger partial charge in [-0.25, -0.2) is 0 Å². The number of rotatable bonds is 2. The maximum absolute atomic E-state index is 12.3. The number of carbonyl (C=O) groups excluding carboxylic acids is 1. The summed E-state index contributed by atoms with van der Waals surface area (Å²) in [5.41, 5.74) is 3.38. The smallest absolute Gasteiger partial charge is 0.247 e. The fourth-order valence-electron chi connectivity index (χ4n) is 2.73. The fraction of sp³-hybridized carbons (Fsp3) is 0.533. The molecule has 2 rings (SSSR count). The van der Waals surface area contributed by atoms with E-state index in [1.165, 1.54) is 11.1 Å². The minimum atomic E-state index is -0.464. The molecule has 1 aliphatic heterocycles. The van der Waals surface area contributed by atoms with E-state index in [1.807, 2.05) is 4.90 Å². The third-order valence-electron chi connectivity index (χ3n) is 3.64. The van der Waals surface area contributed by atoms with Crippen molar-refractivity contribution in [2.75, 3.05) is 31.6 Å². The number of aryl methyl sites for hydroxylation is 2. The largest absolute Gasteiger partial charge is 0.394 e. The van der Waals surface area contributed by atoms with Gasteiger partial charge in [0.05, 0.1) is 6.61 Å². The summed E-state index contributed by atoms with van der Waals surface area (Å²) in [5, 5.41) is 9.59. The zero-order chi connectivity index (χ0) is 14.0. The topological polar surface area (TPSA) is 43.8 Å². The molecule has 0 aromatic heterocycles. The average molecular weight is 262 g/mol. The van der Waals surface area contributed by atoms with Crippen LogP contribution in [0, 0.1) is 13.8 Å². The van der Waals surface area contributed by atoms with Gasteiger partial charge >= 0.3 is 0 Å². The van der Waals surface area contributed by atoms with Crippen LogP contribution >= 0.6 is 0 Å². The van der Waals surface area contributed by atoms with Gasteiger partial charge < -0.3 is 14.9 Å². The van der Waals surface area contributed by atoms with Crippen molar-refractivity contribution in [1.29, 1.82) is 0 Å². The Labute approximate surface area is 114 Å². The summed E-state index contributed by atoms with van der Waals surface area (Å²) in [6, 6.07) is 5.81. The van der Waals surface area contributed by atoms with Crippen molar-refractivity contribution in [3.63, 3.8) is 0 Å². The molecule has 19 heavy (non-hydrogen) atoms. The molecular formula is C15H22N2O2. The van der Waals surface area contributed by atoms with Crippen molar-refractivity contribution in [2.45, 2.75) is 26.3 Å². The lowest BCUT2D eigenvalue weighted by atomic mass is 10.1. The van der Waals surface area contributed by atoms with Crippen molar-refractivity contribution in [1.82, 2.24) is 4.90 Å². The predicted molar refractivity (Wildman–Crippen MR) is 76.4 cm³/mol. The maximum Gasteiger partial charge on any atom is 0.247 e. The monoisotopic (exact) mass is 262 g/mol. The Morgan fingerprint density at radius 2 is 1.84 bits per heavy atom. The van der Waals surface area contributed by atoms with Crippen LogP contribution in [0.3, 0.4) is 0 Å². The first-order valence-corrected chi connectivity index (χ1v) is 6.73. The average Bonchev–Trinajstić information content (AvgIpc) is 2.48. The van der Waals surface area contributed by atoms with Crippen molar-refractivity contribution in [2.24, 2.45) is 0 Å². The lowest BCUT2D eigenvalue weighted by molar-refractivity contribution is -0.131. The number of aliphatic hydroxyl groups is 1. The molecule has 1 saturated heterocycles. The number of hydrogen-bond donors (Lipinski definition) is 1. The van der Waals surface area contributed by atoms with Crippen LogP contribution in [-0.2, 0) is 4.79 Å². The van der Waals surface area contributed by atoms with Gasteiger partial charge in [0.15, 0.2) is 0 Å². The van der Waals surface area contributed by atoms with E-state index in [0.29, 0.717) is 0 Å². The number of hydrogen-bond acceptors (Lipinski definition) is 3. The Morgan fingerprint density at radius 1 is 1.21 bits per heavy atom. The zero-order valence-electron chi connectivity index (χ0n) is 11.9. The molecule has 1 unspecified atom stereocenters. The Kier molecular flexibility index (Phi) is 4.10. The molecule has 1 amide bonds. The summed E-state index contributed by atoms with van der Waals surface area (Å²) in [5.74, 6) is -0.000779. The Hall–Kier alpha value is -1.55. The summed E-state index contributed by atoms with van der Waals surface area (Å²) in [7, 11) is 1.80. The van der Waals surface area contributed by atoms with Crippen LogP contribution in [0.15, 0.2) is 18.2 Å². The third-order valence-corrected chi connectivity index (χ3v) is 3.64. The van der Waals surface area contributed by atoms with Gasteiger partial charge in [0.25, 0.3) is 0 Å². The van der Waals surface area contributed by atoms with Crippen LogP contribution in [0.25, 0.3) is 0 Å². The number of nitrogens with zero attached hydrogens (tertiary/aromatic N) is 2. The second kappa shape index (κ2) is 5.61. The molecule has 4 heteroatoms. The van der Waals surface area contributed by atoms with Crippen molar-refractivity contribution < 1.29 is 9.90 Å². The molecule has 1 aromatic rings. The number of amides is 1. The van der Waals surface area contributed by atoms with Crippen LogP contribution in [-0.4, -0.2) is 48.7 Å². The van der Waals surface area contributed by atoms with Crippen LogP contribution in [0.1, 0.15) is 17.5 Å². The van der Waals surface area contributed by atoms with Crippen molar-refractivity contribution in [3.05, 3.63) is 29.3 Å². The lowest BCUT2D eigenvalue weighted by Crippen LogP contribution is -2.47. The summed E-state index contributed by atoms with van der Waals surface area (Å²) >= 11 is 0. The molecule has 0 radical (unpaired) electrons. The molecule has 1 heterocycles. The molecule has 1 fully saturated rings. The number of likely N-dealkylation sites (N-methyl/N-ethyl adjacent to an activating group) is 1. The van der Waals surface area contributed by atoms with E-state index in [1.54, 1.807) is 11.9 Å². The molecule has 104 valence electrons. The Bertz CT molecular complexity index is 453. The first-order valence-electron chi connectivity index (χ1n) is 6.73. The van der Waals surface area contributed by atoms with Crippen molar-refractivity contribution >= 4 is 11.6 Å². The molecule has 4 nitrogen and oxygen atoms in total. The molecule has 0 aliphatic carbocycles. The van der Waals surface area contributed by atoms with Gasteiger partial charge in [-0.2, -0.15) is 0 Å². The van der Waals surface area contributed by atoms with E-state index in [9.17, 15) is 9.90 Å². The number of carbonyl (C=O) groups is 1. The molecule has 1 N–H and O–H groups in total. The number of benzene rings is 1. The Morgan fingerprint density at radius 3 is 2.42 bits per heavy atom. The highest BCUT2D eigenvalue weighted by Gasteiger charge is 2.30. The Balaban J connectivity index is 2.37. The lowest BCUT2D eigenvalue weighted by Gasteiger charge is -2.30. The van der Waals surface area contributed by atoms with Gasteiger partial charge in [0.2, 0.25) is 5.91 Å². The van der Waals surface area contributed by atoms with E-state index >= 15 is 0 Å². The van der Waals surface area contributed by atoms with Crippen molar-refractivity contribution in [3.8, 4) is 0 Å². The third kappa shape index (κ3) is 2.89. The van der Waals surface area contributed by atoms with Gasteiger partial charge in [-0.05, 0) is 43.5 Å². The fourth-order valence-corrected chi connectivity index (χ4v) is 2.73. The van der Waals surface area contributed by atoms with Gasteiger partial charge in [0, 0.05) is 25.8 Å². The standard InChI is InChI=1S/C15H22N2O2/c1-11-7-12(2)9-13(8-11)17-6-4-5-16(3)15(19)14(17)10-18/h7-9,14,18H,4-6,10H2,1-3H3. The highest BCUT2D eigenvalue weighted by atomic mass is 16.3. The summed E-state index contributed by atoms with van der Waals surface area (Å²) in [6.07, 6.45) is 0.922. The second-order valence-electron chi connectivity index (χ2n) is 5.35. The maximum atomic E-state index is 12.3. The van der Waals surface area contributed by atoms with E-state index in [0.717, 1.165) is 25.2 Å². The first kappa shape index (κ1) is 13.9. The van der Waals surface area contributed by atoms with E-state index in [-0.39, 0.29) is 12.5 Å².